The summed E-state index contributed by atoms with van der Waals surface area (Å²) in [5.74, 6) is 0.399. The fourth-order valence-electron chi connectivity index (χ4n) is 3.00. The summed E-state index contributed by atoms with van der Waals surface area (Å²) < 4.78 is 13.1. The van der Waals surface area contributed by atoms with E-state index in [1.54, 1.807) is 12.1 Å². The molecule has 0 radical (unpaired) electrons. The molecule has 1 nitrogen and oxygen atoms in total. The molecule has 17 heavy (non-hydrogen) atoms. The van der Waals surface area contributed by atoms with E-state index < -0.39 is 0 Å². The lowest BCUT2D eigenvalue weighted by Crippen LogP contribution is -2.28. The maximum atomic E-state index is 13.1. The van der Waals surface area contributed by atoms with E-state index in [0.29, 0.717) is 12.3 Å². The van der Waals surface area contributed by atoms with Crippen molar-refractivity contribution < 1.29 is 4.39 Å². The minimum atomic E-state index is -0.272. The third kappa shape index (κ3) is 2.85. The summed E-state index contributed by atoms with van der Waals surface area (Å²) in [5, 5.41) is 9.45. The van der Waals surface area contributed by atoms with Gasteiger partial charge in [-0.3, -0.25) is 0 Å². The van der Waals surface area contributed by atoms with Crippen LogP contribution in [0.3, 0.4) is 0 Å². The number of hydrogen-bond donors (Lipinski definition) is 0. The molecular weight excluding hydrogens is 213 g/mol. The van der Waals surface area contributed by atoms with Gasteiger partial charge >= 0.3 is 0 Å². The molecule has 0 spiro atoms. The van der Waals surface area contributed by atoms with E-state index in [-0.39, 0.29) is 11.2 Å². The second kappa shape index (κ2) is 4.87. The first-order valence-corrected chi connectivity index (χ1v) is 6.29. The third-order valence-electron chi connectivity index (χ3n) is 3.76. The zero-order valence-electron chi connectivity index (χ0n) is 10.2. The summed E-state index contributed by atoms with van der Waals surface area (Å²) in [6.45, 7) is 2.21. The van der Waals surface area contributed by atoms with Gasteiger partial charge in [-0.15, -0.1) is 0 Å². The lowest BCUT2D eigenvalue weighted by molar-refractivity contribution is 0.209. The lowest BCUT2D eigenvalue weighted by Gasteiger charge is -2.34. The Labute approximate surface area is 102 Å². The first-order valence-electron chi connectivity index (χ1n) is 6.29. The normalized spacial score (nSPS) is 28.6. The molecule has 1 aliphatic rings. The van der Waals surface area contributed by atoms with Crippen LogP contribution in [0.15, 0.2) is 24.3 Å². The van der Waals surface area contributed by atoms with E-state index in [9.17, 15) is 9.65 Å². The SMILES string of the molecule is CC1CCCC(C#N)(Cc2cccc(F)c2)C1. The number of benzene rings is 1. The fourth-order valence-corrected chi connectivity index (χ4v) is 3.00. The van der Waals surface area contributed by atoms with Crippen LogP contribution in [-0.2, 0) is 6.42 Å². The van der Waals surface area contributed by atoms with Gasteiger partial charge in [-0.25, -0.2) is 4.39 Å². The van der Waals surface area contributed by atoms with Gasteiger partial charge in [-0.05, 0) is 42.9 Å². The van der Waals surface area contributed by atoms with E-state index in [4.69, 9.17) is 0 Å². The average Bonchev–Trinajstić information content (AvgIpc) is 2.29. The number of halogens is 1. The van der Waals surface area contributed by atoms with E-state index in [2.05, 4.69) is 13.0 Å². The lowest BCUT2D eigenvalue weighted by atomic mass is 9.68. The molecule has 1 aromatic carbocycles. The van der Waals surface area contributed by atoms with Crippen molar-refractivity contribution in [1.29, 1.82) is 5.26 Å². The molecule has 2 atom stereocenters. The maximum absolute atomic E-state index is 13.1. The highest BCUT2D eigenvalue weighted by atomic mass is 19.1. The van der Waals surface area contributed by atoms with Crippen molar-refractivity contribution in [2.45, 2.75) is 39.0 Å². The van der Waals surface area contributed by atoms with Crippen molar-refractivity contribution >= 4 is 0 Å². The molecule has 0 N–H and O–H groups in total. The molecule has 90 valence electrons. The highest BCUT2D eigenvalue weighted by Crippen LogP contribution is 2.41. The zero-order chi connectivity index (χ0) is 12.3. The van der Waals surface area contributed by atoms with Crippen molar-refractivity contribution in [2.75, 3.05) is 0 Å². The van der Waals surface area contributed by atoms with Gasteiger partial charge < -0.3 is 0 Å². The Morgan fingerprint density at radius 1 is 1.53 bits per heavy atom. The summed E-state index contributed by atoms with van der Waals surface area (Å²) in [6, 6.07) is 9.14. The van der Waals surface area contributed by atoms with Gasteiger partial charge in [0.1, 0.15) is 5.82 Å². The van der Waals surface area contributed by atoms with Crippen molar-refractivity contribution in [3.8, 4) is 6.07 Å². The van der Waals surface area contributed by atoms with Crippen molar-refractivity contribution in [3.63, 3.8) is 0 Å². The van der Waals surface area contributed by atoms with Gasteiger partial charge in [-0.1, -0.05) is 31.9 Å². The Morgan fingerprint density at radius 2 is 2.35 bits per heavy atom. The summed E-state index contributed by atoms with van der Waals surface area (Å²) in [6.07, 6.45) is 4.91. The number of nitrogens with zero attached hydrogens (tertiary/aromatic N) is 1. The van der Waals surface area contributed by atoms with Crippen LogP contribution in [0.1, 0.15) is 38.2 Å². The van der Waals surface area contributed by atoms with Crippen LogP contribution >= 0.6 is 0 Å². The first kappa shape index (κ1) is 12.1. The Balaban J connectivity index is 2.17. The number of hydrogen-bond acceptors (Lipinski definition) is 1. The molecule has 1 fully saturated rings. The Kier molecular flexibility index (Phi) is 3.47. The summed E-state index contributed by atoms with van der Waals surface area (Å²) >= 11 is 0. The third-order valence-corrected chi connectivity index (χ3v) is 3.76. The Bertz CT molecular complexity index is 435. The van der Waals surface area contributed by atoms with Crippen LogP contribution in [0.2, 0.25) is 0 Å². The highest BCUT2D eigenvalue weighted by Gasteiger charge is 2.35. The molecule has 0 saturated heterocycles. The van der Waals surface area contributed by atoms with Gasteiger partial charge in [-0.2, -0.15) is 5.26 Å². The van der Waals surface area contributed by atoms with Crippen molar-refractivity contribution in [1.82, 2.24) is 0 Å². The van der Waals surface area contributed by atoms with Crippen LogP contribution in [0.25, 0.3) is 0 Å². The van der Waals surface area contributed by atoms with Crippen molar-refractivity contribution in [2.24, 2.45) is 11.3 Å². The van der Waals surface area contributed by atoms with Crippen LogP contribution in [-0.4, -0.2) is 0 Å². The molecule has 2 rings (SSSR count). The highest BCUT2D eigenvalue weighted by molar-refractivity contribution is 5.21. The van der Waals surface area contributed by atoms with Gasteiger partial charge in [0, 0.05) is 0 Å². The largest absolute Gasteiger partial charge is 0.207 e. The van der Waals surface area contributed by atoms with Crippen LogP contribution in [0.5, 0.6) is 0 Å². The minimum Gasteiger partial charge on any atom is -0.207 e. The smallest absolute Gasteiger partial charge is 0.123 e. The molecule has 1 aliphatic carbocycles. The molecule has 0 bridgehead atoms. The van der Waals surface area contributed by atoms with Gasteiger partial charge in [0.2, 0.25) is 0 Å². The van der Waals surface area contributed by atoms with Crippen LogP contribution in [0.4, 0.5) is 4.39 Å². The van der Waals surface area contributed by atoms with Gasteiger partial charge in [0.15, 0.2) is 0 Å². The molecule has 0 aromatic heterocycles. The summed E-state index contributed by atoms with van der Waals surface area (Å²) in [5.41, 5.74) is 0.673. The second-order valence-electron chi connectivity index (χ2n) is 5.40. The molecule has 1 aromatic rings. The number of rotatable bonds is 2. The maximum Gasteiger partial charge on any atom is 0.123 e. The zero-order valence-corrected chi connectivity index (χ0v) is 10.2. The summed E-state index contributed by atoms with van der Waals surface area (Å²) in [7, 11) is 0. The topological polar surface area (TPSA) is 23.8 Å². The van der Waals surface area contributed by atoms with E-state index in [0.717, 1.165) is 24.8 Å². The average molecular weight is 231 g/mol. The molecule has 2 unspecified atom stereocenters. The minimum absolute atomic E-state index is 0.209. The monoisotopic (exact) mass is 231 g/mol. The quantitative estimate of drug-likeness (QED) is 0.752. The molecule has 2 heteroatoms. The molecular formula is C15H18FN. The second-order valence-corrected chi connectivity index (χ2v) is 5.40. The Morgan fingerprint density at radius 3 is 3.00 bits per heavy atom. The molecule has 1 saturated carbocycles. The molecule has 0 heterocycles. The van der Waals surface area contributed by atoms with Gasteiger partial charge in [0.05, 0.1) is 11.5 Å². The van der Waals surface area contributed by atoms with Crippen molar-refractivity contribution in [3.05, 3.63) is 35.6 Å². The van der Waals surface area contributed by atoms with E-state index >= 15 is 0 Å². The van der Waals surface area contributed by atoms with Gasteiger partial charge in [0.25, 0.3) is 0 Å². The van der Waals surface area contributed by atoms with Crippen LogP contribution < -0.4 is 0 Å². The summed E-state index contributed by atoms with van der Waals surface area (Å²) in [4.78, 5) is 0. The predicted molar refractivity (Wildman–Crippen MR) is 65.8 cm³/mol. The fraction of sp³-hybridized carbons (Fsp3) is 0.533. The Hall–Kier alpha value is -1.36. The molecule has 0 aliphatic heterocycles. The van der Waals surface area contributed by atoms with Crippen LogP contribution in [0, 0.1) is 28.5 Å². The standard InChI is InChI=1S/C15H18FN/c1-12-4-3-7-15(9-12,11-17)10-13-5-2-6-14(16)8-13/h2,5-6,8,12H,3-4,7,9-10H2,1H3. The van der Waals surface area contributed by atoms with E-state index in [1.165, 1.54) is 12.5 Å². The molecule has 0 amide bonds. The van der Waals surface area contributed by atoms with E-state index in [1.807, 2.05) is 6.07 Å². The predicted octanol–water partition coefficient (Wildman–Crippen LogP) is 4.09. The number of nitriles is 1. The first-order chi connectivity index (χ1) is 8.13.